The van der Waals surface area contributed by atoms with Crippen LogP contribution in [0.3, 0.4) is 0 Å². The van der Waals surface area contributed by atoms with Crippen molar-refractivity contribution in [3.05, 3.63) is 63.3 Å². The van der Waals surface area contributed by atoms with E-state index in [2.05, 4.69) is 15.3 Å². The number of carbonyl (C=O) groups excluding carboxylic acids is 1. The number of rotatable bonds is 3. The zero-order valence-electron chi connectivity index (χ0n) is 12.8. The molecule has 1 aromatic carbocycles. The van der Waals surface area contributed by atoms with E-state index in [1.165, 1.54) is 30.6 Å². The number of esters is 1. The molecule has 124 valence electrons. The molecule has 8 heteroatoms. The van der Waals surface area contributed by atoms with E-state index in [-0.39, 0.29) is 11.1 Å². The van der Waals surface area contributed by atoms with Crippen molar-refractivity contribution in [2.75, 3.05) is 7.11 Å². The maximum atomic E-state index is 14.3. The van der Waals surface area contributed by atoms with Gasteiger partial charge in [0, 0.05) is 22.8 Å². The summed E-state index contributed by atoms with van der Waals surface area (Å²) in [5.74, 6) is -2.31. The number of amidine groups is 1. The van der Waals surface area contributed by atoms with Crippen molar-refractivity contribution in [3.8, 4) is 0 Å². The van der Waals surface area contributed by atoms with Crippen molar-refractivity contribution in [1.29, 1.82) is 0 Å². The van der Waals surface area contributed by atoms with Crippen LogP contribution in [0.25, 0.3) is 0 Å². The summed E-state index contributed by atoms with van der Waals surface area (Å²) in [6, 6.07) is 2.76. The van der Waals surface area contributed by atoms with Gasteiger partial charge < -0.3 is 10.1 Å². The molecule has 0 fully saturated rings. The Kier molecular flexibility index (Phi) is 4.39. The highest BCUT2D eigenvalue weighted by atomic mass is 32.1. The van der Waals surface area contributed by atoms with E-state index in [9.17, 15) is 13.6 Å². The number of ether oxygens (including phenoxy) is 1. The summed E-state index contributed by atoms with van der Waals surface area (Å²) in [4.78, 5) is 20.7. The Hall–Kier alpha value is -2.61. The largest absolute Gasteiger partial charge is 0.466 e. The summed E-state index contributed by atoms with van der Waals surface area (Å²) < 4.78 is 32.7. The van der Waals surface area contributed by atoms with Crippen LogP contribution in [-0.2, 0) is 9.53 Å². The van der Waals surface area contributed by atoms with Gasteiger partial charge in [0.25, 0.3) is 0 Å². The summed E-state index contributed by atoms with van der Waals surface area (Å²) in [5.41, 5.74) is 0.545. The summed E-state index contributed by atoms with van der Waals surface area (Å²) in [6.45, 7) is 1.65. The second kappa shape index (κ2) is 6.48. The van der Waals surface area contributed by atoms with Crippen LogP contribution in [0.5, 0.6) is 0 Å². The van der Waals surface area contributed by atoms with Crippen molar-refractivity contribution < 1.29 is 18.3 Å². The van der Waals surface area contributed by atoms with Crippen LogP contribution in [0.1, 0.15) is 23.5 Å². The molecule has 2 heterocycles. The van der Waals surface area contributed by atoms with Gasteiger partial charge in [-0.2, -0.15) is 0 Å². The number of nitrogens with one attached hydrogen (secondary N) is 1. The van der Waals surface area contributed by atoms with E-state index in [0.717, 1.165) is 6.07 Å². The lowest BCUT2D eigenvalue weighted by Crippen LogP contribution is -2.32. The Morgan fingerprint density at radius 1 is 1.38 bits per heavy atom. The normalized spacial score (nSPS) is 17.3. The summed E-state index contributed by atoms with van der Waals surface area (Å²) in [6.07, 6.45) is 1.61. The fraction of sp³-hybridized carbons (Fsp3) is 0.188. The molecular formula is C16H13F2N3O2S. The average Bonchev–Trinajstić information content (AvgIpc) is 3.10. The van der Waals surface area contributed by atoms with Crippen molar-refractivity contribution >= 4 is 23.1 Å². The highest BCUT2D eigenvalue weighted by molar-refractivity contribution is 7.11. The van der Waals surface area contributed by atoms with Crippen molar-refractivity contribution in [1.82, 2.24) is 10.3 Å². The molecule has 0 amide bonds. The van der Waals surface area contributed by atoms with Gasteiger partial charge in [0.15, 0.2) is 22.5 Å². The molecule has 1 unspecified atom stereocenters. The van der Waals surface area contributed by atoms with Gasteiger partial charge in [-0.25, -0.2) is 18.6 Å². The Balaban J connectivity index is 2.16. The third kappa shape index (κ3) is 2.80. The number of halogens is 2. The fourth-order valence-corrected chi connectivity index (χ4v) is 3.04. The molecule has 5 nitrogen and oxygen atoms in total. The molecule has 0 radical (unpaired) electrons. The van der Waals surface area contributed by atoms with E-state index in [4.69, 9.17) is 4.74 Å². The van der Waals surface area contributed by atoms with Gasteiger partial charge >= 0.3 is 5.97 Å². The van der Waals surface area contributed by atoms with Gasteiger partial charge in [-0.3, -0.25) is 4.99 Å². The Labute approximate surface area is 140 Å². The van der Waals surface area contributed by atoms with Crippen LogP contribution in [0.2, 0.25) is 0 Å². The third-order valence-electron chi connectivity index (χ3n) is 3.56. The quantitative estimate of drug-likeness (QED) is 0.866. The molecule has 2 aromatic rings. The molecular weight excluding hydrogens is 336 g/mol. The lowest BCUT2D eigenvalue weighted by Gasteiger charge is -2.25. The monoisotopic (exact) mass is 349 g/mol. The van der Waals surface area contributed by atoms with Crippen LogP contribution >= 0.6 is 11.3 Å². The predicted molar refractivity (Wildman–Crippen MR) is 85.6 cm³/mol. The molecule has 1 atom stereocenters. The lowest BCUT2D eigenvalue weighted by molar-refractivity contribution is -0.136. The van der Waals surface area contributed by atoms with E-state index >= 15 is 0 Å². The van der Waals surface area contributed by atoms with Crippen LogP contribution in [0, 0.1) is 11.6 Å². The van der Waals surface area contributed by atoms with Gasteiger partial charge in [0.05, 0.1) is 12.7 Å². The maximum Gasteiger partial charge on any atom is 0.338 e. The zero-order valence-corrected chi connectivity index (χ0v) is 13.7. The van der Waals surface area contributed by atoms with Gasteiger partial charge in [-0.15, -0.1) is 11.3 Å². The number of hydrogen-bond acceptors (Lipinski definition) is 6. The molecule has 1 aromatic heterocycles. The number of carbonyl (C=O) groups is 1. The van der Waals surface area contributed by atoms with Gasteiger partial charge in [-0.05, 0) is 13.0 Å². The number of aromatic nitrogens is 1. The number of benzene rings is 1. The Morgan fingerprint density at radius 2 is 2.17 bits per heavy atom. The number of allylic oxidation sites excluding steroid dienone is 1. The molecule has 1 N–H and O–H groups in total. The van der Waals surface area contributed by atoms with E-state index in [1.807, 2.05) is 0 Å². The zero-order chi connectivity index (χ0) is 17.3. The Bertz CT molecular complexity index is 847. The summed E-state index contributed by atoms with van der Waals surface area (Å²) in [5, 5.41) is 5.33. The molecule has 0 bridgehead atoms. The van der Waals surface area contributed by atoms with E-state index in [0.29, 0.717) is 16.5 Å². The molecule has 3 rings (SSSR count). The predicted octanol–water partition coefficient (Wildman–Crippen LogP) is 2.96. The van der Waals surface area contributed by atoms with Crippen LogP contribution in [-0.4, -0.2) is 23.9 Å². The van der Waals surface area contributed by atoms with Gasteiger partial charge in [0.1, 0.15) is 6.04 Å². The number of hydrogen-bond donors (Lipinski definition) is 1. The minimum atomic E-state index is -1.04. The van der Waals surface area contributed by atoms with Crippen molar-refractivity contribution in [3.63, 3.8) is 0 Å². The van der Waals surface area contributed by atoms with E-state index < -0.39 is 23.6 Å². The minimum Gasteiger partial charge on any atom is -0.466 e. The number of thiazole rings is 1. The Morgan fingerprint density at radius 3 is 2.83 bits per heavy atom. The highest BCUT2D eigenvalue weighted by Gasteiger charge is 2.33. The molecule has 0 spiro atoms. The van der Waals surface area contributed by atoms with Crippen molar-refractivity contribution in [2.24, 2.45) is 4.99 Å². The minimum absolute atomic E-state index is 0.0368. The average molecular weight is 349 g/mol. The van der Waals surface area contributed by atoms with Gasteiger partial charge in [-0.1, -0.05) is 12.1 Å². The fourth-order valence-electron chi connectivity index (χ4n) is 2.46. The first-order valence-electron chi connectivity index (χ1n) is 7.00. The molecule has 24 heavy (non-hydrogen) atoms. The molecule has 0 saturated heterocycles. The standard InChI is InChI=1S/C16H13F2N3O2S/c1-8-11(16(22)23-2)13(9-4-3-5-10(17)12(9)18)21-14(20-8)15-19-6-7-24-15/h3-7,13H,1-2H3,(H,20,21). The summed E-state index contributed by atoms with van der Waals surface area (Å²) in [7, 11) is 1.22. The lowest BCUT2D eigenvalue weighted by atomic mass is 9.95. The highest BCUT2D eigenvalue weighted by Crippen LogP contribution is 2.34. The van der Waals surface area contributed by atoms with E-state index in [1.54, 1.807) is 18.5 Å². The molecule has 0 saturated carbocycles. The van der Waals surface area contributed by atoms with Crippen LogP contribution in [0.15, 0.2) is 46.0 Å². The molecule has 1 aliphatic heterocycles. The first-order chi connectivity index (χ1) is 11.5. The summed E-state index contributed by atoms with van der Waals surface area (Å²) >= 11 is 1.34. The topological polar surface area (TPSA) is 63.6 Å². The second-order valence-electron chi connectivity index (χ2n) is 5.02. The molecule has 1 aliphatic rings. The third-order valence-corrected chi connectivity index (χ3v) is 4.34. The van der Waals surface area contributed by atoms with Crippen molar-refractivity contribution in [2.45, 2.75) is 13.0 Å². The first kappa shape index (κ1) is 16.3. The SMILES string of the molecule is COC(=O)C1=C(C)NC(c2nccs2)=NC1c1cccc(F)c1F. The number of aliphatic imine (C=N–C) groups is 1. The smallest absolute Gasteiger partial charge is 0.338 e. The second-order valence-corrected chi connectivity index (χ2v) is 5.91. The van der Waals surface area contributed by atoms with Gasteiger partial charge in [0.2, 0.25) is 0 Å². The molecule has 0 aliphatic carbocycles. The number of methoxy groups -OCH3 is 1. The van der Waals surface area contributed by atoms with Crippen LogP contribution < -0.4 is 5.32 Å². The maximum absolute atomic E-state index is 14.3. The number of nitrogens with zero attached hydrogens (tertiary/aromatic N) is 2. The van der Waals surface area contributed by atoms with Crippen LogP contribution in [0.4, 0.5) is 8.78 Å². The first-order valence-corrected chi connectivity index (χ1v) is 7.88.